The van der Waals surface area contributed by atoms with Gasteiger partial charge in [-0.05, 0) is 0 Å². The Bertz CT molecular complexity index is 164. The van der Waals surface area contributed by atoms with Crippen molar-refractivity contribution in [2.75, 3.05) is 0 Å². The van der Waals surface area contributed by atoms with Crippen molar-refractivity contribution < 1.29 is 58.2 Å². The van der Waals surface area contributed by atoms with E-state index in [2.05, 4.69) is 6.07 Å². The fourth-order valence-corrected chi connectivity index (χ4v) is 0.731. The summed E-state index contributed by atoms with van der Waals surface area (Å²) in [5, 5.41) is 0. The van der Waals surface area contributed by atoms with Crippen LogP contribution in [0.25, 0.3) is 0 Å². The van der Waals surface area contributed by atoms with Crippen molar-refractivity contribution in [1.82, 2.24) is 0 Å². The standard InChI is InChI=1S/C8H9.Rb/c1-7-4-3-5-8(2)6-7;/h3-5H,1-2H3;/q-1;+1. The Balaban J connectivity index is 0.000000640. The number of benzene rings is 1. The summed E-state index contributed by atoms with van der Waals surface area (Å²) in [6.07, 6.45) is 0. The smallest absolute Gasteiger partial charge is 0.177 e. The maximum Gasteiger partial charge on any atom is 1.00 e. The van der Waals surface area contributed by atoms with E-state index in [0.29, 0.717) is 0 Å². The van der Waals surface area contributed by atoms with Gasteiger partial charge in [-0.15, -0.1) is 0 Å². The van der Waals surface area contributed by atoms with Crippen LogP contribution in [-0.4, -0.2) is 0 Å². The van der Waals surface area contributed by atoms with Crippen molar-refractivity contribution in [2.45, 2.75) is 13.8 Å². The summed E-state index contributed by atoms with van der Waals surface area (Å²) >= 11 is 0. The Hall–Kier alpha value is 1.03. The van der Waals surface area contributed by atoms with E-state index in [1.165, 1.54) is 11.1 Å². The maximum atomic E-state index is 3.17. The van der Waals surface area contributed by atoms with Crippen molar-refractivity contribution in [3.8, 4) is 0 Å². The summed E-state index contributed by atoms with van der Waals surface area (Å²) in [4.78, 5) is 0. The van der Waals surface area contributed by atoms with Crippen molar-refractivity contribution in [3.05, 3.63) is 35.4 Å². The molecule has 0 aromatic heterocycles. The van der Waals surface area contributed by atoms with Gasteiger partial charge in [-0.1, -0.05) is 13.8 Å². The van der Waals surface area contributed by atoms with E-state index in [1.54, 1.807) is 0 Å². The molecule has 0 nitrogen and oxygen atoms in total. The fraction of sp³-hybridized carbons (Fsp3) is 0.250. The van der Waals surface area contributed by atoms with E-state index in [-0.39, 0.29) is 58.2 Å². The van der Waals surface area contributed by atoms with E-state index in [1.807, 2.05) is 32.0 Å². The van der Waals surface area contributed by atoms with E-state index < -0.39 is 0 Å². The first-order valence-corrected chi connectivity index (χ1v) is 2.74. The Morgan fingerprint density at radius 1 is 1.11 bits per heavy atom. The average Bonchev–Trinajstić information content (AvgIpc) is 1.64. The van der Waals surface area contributed by atoms with Crippen molar-refractivity contribution in [3.63, 3.8) is 0 Å². The third kappa shape index (κ3) is 3.66. The van der Waals surface area contributed by atoms with Crippen LogP contribution in [0.15, 0.2) is 18.2 Å². The molecule has 1 aromatic rings. The molecule has 0 N–H and O–H groups in total. The van der Waals surface area contributed by atoms with Gasteiger partial charge in [-0.2, -0.15) is 35.4 Å². The summed E-state index contributed by atoms with van der Waals surface area (Å²) in [5.41, 5.74) is 2.43. The van der Waals surface area contributed by atoms with Crippen LogP contribution in [-0.2, 0) is 0 Å². The van der Waals surface area contributed by atoms with Gasteiger partial charge >= 0.3 is 58.2 Å². The SMILES string of the molecule is Cc1[c-]c(C)ccc1.[Rb+]. The predicted octanol–water partition coefficient (Wildman–Crippen LogP) is -0.892. The van der Waals surface area contributed by atoms with Crippen molar-refractivity contribution >= 4 is 0 Å². The molecule has 0 heterocycles. The average molecular weight is 191 g/mol. The molecular formula is C8H9Rb. The van der Waals surface area contributed by atoms with Crippen LogP contribution in [0.4, 0.5) is 0 Å². The number of rotatable bonds is 0. The molecule has 0 saturated carbocycles. The van der Waals surface area contributed by atoms with Gasteiger partial charge in [-0.3, -0.25) is 0 Å². The third-order valence-electron chi connectivity index (χ3n) is 1.09. The van der Waals surface area contributed by atoms with Gasteiger partial charge in [-0.25, -0.2) is 0 Å². The Morgan fingerprint density at radius 2 is 1.56 bits per heavy atom. The third-order valence-corrected chi connectivity index (χ3v) is 1.09. The second-order valence-electron chi connectivity index (χ2n) is 2.02. The topological polar surface area (TPSA) is 0 Å². The number of hydrogen-bond donors (Lipinski definition) is 0. The molecular weight excluding hydrogens is 182 g/mol. The van der Waals surface area contributed by atoms with Crippen molar-refractivity contribution in [1.29, 1.82) is 0 Å². The zero-order valence-electron chi connectivity index (χ0n) is 6.23. The van der Waals surface area contributed by atoms with Crippen LogP contribution in [0, 0.1) is 19.9 Å². The molecule has 1 aromatic carbocycles. The van der Waals surface area contributed by atoms with Crippen LogP contribution in [0.1, 0.15) is 11.1 Å². The molecule has 1 rings (SSSR count). The minimum atomic E-state index is 0. The van der Waals surface area contributed by atoms with Gasteiger partial charge in [0.25, 0.3) is 0 Å². The molecule has 0 amide bonds. The number of aryl methyl sites for hydroxylation is 2. The molecule has 0 spiro atoms. The molecule has 0 aliphatic carbocycles. The quantitative estimate of drug-likeness (QED) is 0.466. The largest absolute Gasteiger partial charge is 1.00 e. The summed E-state index contributed by atoms with van der Waals surface area (Å²) in [6.45, 7) is 4.10. The molecule has 0 saturated heterocycles. The van der Waals surface area contributed by atoms with E-state index in [9.17, 15) is 0 Å². The Labute approximate surface area is 105 Å². The summed E-state index contributed by atoms with van der Waals surface area (Å²) < 4.78 is 0. The van der Waals surface area contributed by atoms with Crippen LogP contribution >= 0.6 is 0 Å². The molecule has 42 valence electrons. The Morgan fingerprint density at radius 3 is 1.78 bits per heavy atom. The number of hydrogen-bond acceptors (Lipinski definition) is 0. The van der Waals surface area contributed by atoms with Crippen LogP contribution in [0.5, 0.6) is 0 Å². The first-order chi connectivity index (χ1) is 3.79. The minimum Gasteiger partial charge on any atom is -0.177 e. The van der Waals surface area contributed by atoms with Crippen molar-refractivity contribution in [2.24, 2.45) is 0 Å². The first kappa shape index (κ1) is 10.0. The van der Waals surface area contributed by atoms with Gasteiger partial charge in [0.15, 0.2) is 0 Å². The second-order valence-corrected chi connectivity index (χ2v) is 2.02. The predicted molar refractivity (Wildman–Crippen MR) is 34.8 cm³/mol. The van der Waals surface area contributed by atoms with E-state index >= 15 is 0 Å². The molecule has 0 fully saturated rings. The van der Waals surface area contributed by atoms with Gasteiger partial charge in [0, 0.05) is 0 Å². The van der Waals surface area contributed by atoms with E-state index in [0.717, 1.165) is 0 Å². The summed E-state index contributed by atoms with van der Waals surface area (Å²) in [6, 6.07) is 9.31. The normalized spacial score (nSPS) is 8.22. The van der Waals surface area contributed by atoms with Crippen LogP contribution in [0.3, 0.4) is 0 Å². The zero-order valence-corrected chi connectivity index (χ0v) is 11.1. The van der Waals surface area contributed by atoms with E-state index in [4.69, 9.17) is 0 Å². The second kappa shape index (κ2) is 4.78. The molecule has 0 radical (unpaired) electrons. The van der Waals surface area contributed by atoms with Gasteiger partial charge in [0.1, 0.15) is 0 Å². The first-order valence-electron chi connectivity index (χ1n) is 2.74. The Kier molecular flexibility index (Phi) is 5.33. The fourth-order valence-electron chi connectivity index (χ4n) is 0.731. The molecule has 0 bridgehead atoms. The molecule has 0 aliphatic rings. The zero-order chi connectivity index (χ0) is 5.98. The van der Waals surface area contributed by atoms with Crippen LogP contribution in [0.2, 0.25) is 0 Å². The van der Waals surface area contributed by atoms with Gasteiger partial charge < -0.3 is 0 Å². The molecule has 9 heavy (non-hydrogen) atoms. The molecule has 1 heteroatoms. The molecule has 0 aliphatic heterocycles. The summed E-state index contributed by atoms with van der Waals surface area (Å²) in [7, 11) is 0. The maximum absolute atomic E-state index is 3.17. The van der Waals surface area contributed by atoms with Crippen LogP contribution < -0.4 is 58.2 Å². The molecule has 0 unspecified atom stereocenters. The monoisotopic (exact) mass is 190 g/mol. The van der Waals surface area contributed by atoms with Gasteiger partial charge in [0.2, 0.25) is 0 Å². The minimum absolute atomic E-state index is 0. The molecule has 0 atom stereocenters. The summed E-state index contributed by atoms with van der Waals surface area (Å²) in [5.74, 6) is 0. The van der Waals surface area contributed by atoms with Gasteiger partial charge in [0.05, 0.1) is 0 Å².